The predicted molar refractivity (Wildman–Crippen MR) is 141 cm³/mol. The molecular formula is C24H30FN3O9S2. The third-order valence-corrected chi connectivity index (χ3v) is 8.72. The summed E-state index contributed by atoms with van der Waals surface area (Å²) in [5, 5.41) is 29.6. The topological polar surface area (TPSA) is 197 Å². The lowest BCUT2D eigenvalue weighted by Crippen LogP contribution is -2.44. The van der Waals surface area contributed by atoms with Crippen molar-refractivity contribution in [3.63, 3.8) is 0 Å². The van der Waals surface area contributed by atoms with Gasteiger partial charge in [0, 0.05) is 42.2 Å². The largest absolute Gasteiger partial charge is 0.480 e. The van der Waals surface area contributed by atoms with Crippen molar-refractivity contribution >= 4 is 51.4 Å². The molecule has 1 aliphatic heterocycles. The molecule has 1 fully saturated rings. The van der Waals surface area contributed by atoms with Crippen molar-refractivity contribution in [1.82, 2.24) is 10.2 Å². The predicted octanol–water partition coefficient (Wildman–Crippen LogP) is 1.27. The van der Waals surface area contributed by atoms with E-state index in [2.05, 4.69) is 5.32 Å². The van der Waals surface area contributed by atoms with E-state index in [0.717, 1.165) is 16.9 Å². The van der Waals surface area contributed by atoms with E-state index in [9.17, 15) is 38.6 Å². The number of hydrogen-bond donors (Lipinski definition) is 5. The zero-order valence-electron chi connectivity index (χ0n) is 20.9. The maximum atomic E-state index is 14.5. The molecule has 0 aliphatic carbocycles. The summed E-state index contributed by atoms with van der Waals surface area (Å²) in [6.07, 6.45) is 0.970. The van der Waals surface area contributed by atoms with E-state index in [-0.39, 0.29) is 36.0 Å². The Morgan fingerprint density at radius 2 is 1.90 bits per heavy atom. The van der Waals surface area contributed by atoms with Crippen molar-refractivity contribution in [2.75, 3.05) is 26.0 Å². The van der Waals surface area contributed by atoms with Crippen LogP contribution in [-0.2, 0) is 28.7 Å². The Morgan fingerprint density at radius 1 is 1.21 bits per heavy atom. The van der Waals surface area contributed by atoms with Crippen LogP contribution >= 0.6 is 21.6 Å². The molecule has 0 spiro atoms. The third kappa shape index (κ3) is 9.84. The second-order valence-corrected chi connectivity index (χ2v) is 11.2. The molecule has 12 nitrogen and oxygen atoms in total. The Balaban J connectivity index is 2.06. The van der Waals surface area contributed by atoms with E-state index in [1.807, 2.05) is 0 Å². The maximum absolute atomic E-state index is 14.5. The summed E-state index contributed by atoms with van der Waals surface area (Å²) in [7, 11) is 3.52. The molecule has 0 bridgehead atoms. The summed E-state index contributed by atoms with van der Waals surface area (Å²) >= 11 is 0. The molecule has 0 aromatic heterocycles. The second kappa shape index (κ2) is 15.5. The Bertz CT molecular complexity index is 1100. The number of rotatable bonds is 14. The molecular weight excluding hydrogens is 557 g/mol. The van der Waals surface area contributed by atoms with Crippen molar-refractivity contribution in [2.45, 2.75) is 42.6 Å². The Labute approximate surface area is 231 Å². The van der Waals surface area contributed by atoms with Gasteiger partial charge in [-0.2, -0.15) is 0 Å². The number of nitrogens with one attached hydrogen (secondary N) is 1. The number of benzene rings is 1. The SMILES string of the molecule is COC(=O)C(c1ccccc1F)N1CCC(SSCC(NC(=O)CCC(N)C(=O)O)C(=O)O)/C(=C\C(=O)O)C1. The summed E-state index contributed by atoms with van der Waals surface area (Å²) in [5.41, 5.74) is 5.90. The molecule has 1 amide bonds. The molecule has 1 aliphatic rings. The number of carbonyl (C=O) groups is 5. The second-order valence-electron chi connectivity index (χ2n) is 8.57. The minimum Gasteiger partial charge on any atom is -0.480 e. The van der Waals surface area contributed by atoms with Crippen molar-refractivity contribution in [2.24, 2.45) is 5.73 Å². The highest BCUT2D eigenvalue weighted by Crippen LogP contribution is 2.39. The van der Waals surface area contributed by atoms with Crippen LogP contribution in [0.3, 0.4) is 0 Å². The van der Waals surface area contributed by atoms with E-state index < -0.39 is 53.7 Å². The number of hydrogen-bond acceptors (Lipinski definition) is 10. The summed E-state index contributed by atoms with van der Waals surface area (Å²) in [6, 6.07) is 2.15. The first-order valence-corrected chi connectivity index (χ1v) is 14.1. The number of carboxylic acid groups (broad SMARTS) is 3. The highest BCUT2D eigenvalue weighted by atomic mass is 33.1. The number of aliphatic carboxylic acids is 3. The first-order valence-electron chi connectivity index (χ1n) is 11.7. The van der Waals surface area contributed by atoms with Gasteiger partial charge >= 0.3 is 23.9 Å². The molecule has 0 radical (unpaired) electrons. The van der Waals surface area contributed by atoms with Gasteiger partial charge in [0.2, 0.25) is 5.91 Å². The van der Waals surface area contributed by atoms with Crippen LogP contribution in [0.15, 0.2) is 35.9 Å². The van der Waals surface area contributed by atoms with Gasteiger partial charge in [0.25, 0.3) is 0 Å². The van der Waals surface area contributed by atoms with Gasteiger partial charge in [0.05, 0.1) is 7.11 Å². The smallest absolute Gasteiger partial charge is 0.328 e. The molecule has 214 valence electrons. The van der Waals surface area contributed by atoms with E-state index in [4.69, 9.17) is 15.6 Å². The number of nitrogens with zero attached hydrogens (tertiary/aromatic N) is 1. The number of carbonyl (C=O) groups excluding carboxylic acids is 2. The minimum absolute atomic E-state index is 0.0293. The molecule has 1 saturated heterocycles. The fourth-order valence-electron chi connectivity index (χ4n) is 3.83. The van der Waals surface area contributed by atoms with Gasteiger partial charge in [-0.1, -0.05) is 39.8 Å². The number of methoxy groups -OCH3 is 1. The zero-order chi connectivity index (χ0) is 29.1. The van der Waals surface area contributed by atoms with Gasteiger partial charge in [-0.15, -0.1) is 0 Å². The Kier molecular flexibility index (Phi) is 12.7. The van der Waals surface area contributed by atoms with Gasteiger partial charge in [-0.05, 0) is 24.5 Å². The zero-order valence-corrected chi connectivity index (χ0v) is 22.6. The normalized spacial score (nSPS) is 19.1. The molecule has 15 heteroatoms. The highest BCUT2D eigenvalue weighted by molar-refractivity contribution is 8.77. The van der Waals surface area contributed by atoms with Crippen LogP contribution < -0.4 is 11.1 Å². The fraction of sp³-hybridized carbons (Fsp3) is 0.458. The number of nitrogens with two attached hydrogens (primary N) is 1. The van der Waals surface area contributed by atoms with Crippen LogP contribution in [0, 0.1) is 5.82 Å². The van der Waals surface area contributed by atoms with E-state index in [1.165, 1.54) is 36.1 Å². The number of carboxylic acids is 3. The number of piperidine rings is 1. The van der Waals surface area contributed by atoms with Gasteiger partial charge < -0.3 is 31.1 Å². The van der Waals surface area contributed by atoms with Gasteiger partial charge in [-0.3, -0.25) is 14.5 Å². The summed E-state index contributed by atoms with van der Waals surface area (Å²) in [5.74, 6) is -5.79. The van der Waals surface area contributed by atoms with Crippen LogP contribution in [-0.4, -0.2) is 93.3 Å². The summed E-state index contributed by atoms with van der Waals surface area (Å²) < 4.78 is 19.4. The molecule has 6 N–H and O–H groups in total. The van der Waals surface area contributed by atoms with Gasteiger partial charge in [0.15, 0.2) is 0 Å². The van der Waals surface area contributed by atoms with E-state index in [0.29, 0.717) is 18.5 Å². The Morgan fingerprint density at radius 3 is 2.49 bits per heavy atom. The quantitative estimate of drug-likeness (QED) is 0.119. The van der Waals surface area contributed by atoms with Gasteiger partial charge in [0.1, 0.15) is 23.9 Å². The van der Waals surface area contributed by atoms with Crippen LogP contribution in [0.5, 0.6) is 0 Å². The highest BCUT2D eigenvalue weighted by Gasteiger charge is 2.36. The number of likely N-dealkylation sites (tertiary alicyclic amines) is 1. The van der Waals surface area contributed by atoms with Crippen molar-refractivity contribution < 1.29 is 48.4 Å². The lowest BCUT2D eigenvalue weighted by molar-refractivity contribution is -0.147. The monoisotopic (exact) mass is 587 g/mol. The summed E-state index contributed by atoms with van der Waals surface area (Å²) in [4.78, 5) is 60.2. The lowest BCUT2D eigenvalue weighted by atomic mass is 9.98. The number of halogens is 1. The van der Waals surface area contributed by atoms with E-state index >= 15 is 0 Å². The number of ether oxygens (including phenoxy) is 1. The fourth-order valence-corrected chi connectivity index (χ4v) is 6.70. The average Bonchev–Trinajstić information content (AvgIpc) is 2.88. The molecule has 2 rings (SSSR count). The molecule has 0 saturated carbocycles. The molecule has 4 unspecified atom stereocenters. The molecule has 4 atom stereocenters. The van der Waals surface area contributed by atoms with Crippen LogP contribution in [0.2, 0.25) is 0 Å². The van der Waals surface area contributed by atoms with Crippen LogP contribution in [0.25, 0.3) is 0 Å². The third-order valence-electron chi connectivity index (χ3n) is 5.83. The molecule has 1 aromatic carbocycles. The number of esters is 1. The lowest BCUT2D eigenvalue weighted by Gasteiger charge is -2.37. The van der Waals surface area contributed by atoms with Gasteiger partial charge in [-0.25, -0.2) is 18.8 Å². The standard InChI is InChI=1S/C24H30FN3O9S2/c1-37-24(36)21(14-4-2-3-5-15(14)25)28-9-8-18(13(11-28)10-20(30)31)39-38-12-17(23(34)35)27-19(29)7-6-16(26)22(32)33/h2-5,10,16-18,21H,6-9,11-12,26H2,1H3,(H,27,29)(H,30,31)(H,32,33)(H,34,35)/b13-10-. The molecule has 1 heterocycles. The number of amides is 1. The van der Waals surface area contributed by atoms with Crippen molar-refractivity contribution in [1.29, 1.82) is 0 Å². The van der Waals surface area contributed by atoms with E-state index in [1.54, 1.807) is 11.0 Å². The van der Waals surface area contributed by atoms with Crippen molar-refractivity contribution in [3.05, 3.63) is 47.3 Å². The van der Waals surface area contributed by atoms with Crippen molar-refractivity contribution in [3.8, 4) is 0 Å². The first-order chi connectivity index (χ1) is 18.4. The first kappa shape index (κ1) is 32.1. The van der Waals surface area contributed by atoms with Crippen LogP contribution in [0.4, 0.5) is 4.39 Å². The molecule has 39 heavy (non-hydrogen) atoms. The summed E-state index contributed by atoms with van der Waals surface area (Å²) in [6.45, 7) is 0.327. The Hall–Kier alpha value is -3.14. The maximum Gasteiger partial charge on any atom is 0.328 e. The molecule has 1 aromatic rings. The minimum atomic E-state index is -1.29. The van der Waals surface area contributed by atoms with Crippen LogP contribution in [0.1, 0.15) is 30.9 Å². The average molecular weight is 588 g/mol.